The molecule has 0 saturated carbocycles. The van der Waals surface area contributed by atoms with Crippen LogP contribution in [0, 0.1) is 0 Å². The summed E-state index contributed by atoms with van der Waals surface area (Å²) >= 11 is 0. The lowest BCUT2D eigenvalue weighted by molar-refractivity contribution is -0.891. The predicted molar refractivity (Wildman–Crippen MR) is 217 cm³/mol. The van der Waals surface area contributed by atoms with E-state index < -0.39 is 0 Å². The summed E-state index contributed by atoms with van der Waals surface area (Å²) < 4.78 is 19.6. The molecule has 0 bridgehead atoms. The second-order valence-electron chi connectivity index (χ2n) is 16.8. The fraction of sp³-hybridized carbons (Fsp3) is 1.00. The van der Waals surface area contributed by atoms with Crippen molar-refractivity contribution in [1.29, 1.82) is 0 Å². The Morgan fingerprint density at radius 3 is 0.694 bits per heavy atom. The molecule has 296 valence electrons. The Hall–Kier alpha value is -0.200. The predicted octanol–water partition coefficient (Wildman–Crippen LogP) is 12.2. The van der Waals surface area contributed by atoms with Crippen molar-refractivity contribution in [2.24, 2.45) is 0 Å². The molecule has 0 atom stereocenters. The largest absolute Gasteiger partial charge is 0.377 e. The van der Waals surface area contributed by atoms with E-state index in [-0.39, 0.29) is 0 Å². The first kappa shape index (κ1) is 48.8. The Balaban J connectivity index is 3.41. The first-order valence-electron chi connectivity index (χ1n) is 22.2. The molecular weight excluding hydrogens is 604 g/mol. The van der Waals surface area contributed by atoms with Crippen molar-refractivity contribution in [1.82, 2.24) is 0 Å². The maximum atomic E-state index is 5.88. The molecule has 0 radical (unpaired) electrons. The molecule has 0 amide bonds. The molecular formula is C44H94N2O3+2. The van der Waals surface area contributed by atoms with Crippen molar-refractivity contribution in [3.8, 4) is 0 Å². The van der Waals surface area contributed by atoms with Crippen LogP contribution in [0.4, 0.5) is 0 Å². The number of hydrogen-bond donors (Lipinski definition) is 0. The van der Waals surface area contributed by atoms with E-state index in [1.807, 2.05) is 0 Å². The molecule has 0 rings (SSSR count). The second kappa shape index (κ2) is 37.6. The SMILES string of the molecule is CCCCCCCCCCCCCCCC[N+](C)(C)CCOCCOCCOCC[N+](C)(C)CCCCCCCCCCCCCCCC. The molecule has 49 heavy (non-hydrogen) atoms. The third-order valence-corrected chi connectivity index (χ3v) is 10.7. The van der Waals surface area contributed by atoms with Crippen LogP contribution in [0.2, 0.25) is 0 Å². The van der Waals surface area contributed by atoms with Crippen molar-refractivity contribution >= 4 is 0 Å². The fourth-order valence-corrected chi connectivity index (χ4v) is 6.86. The van der Waals surface area contributed by atoms with E-state index in [1.165, 1.54) is 193 Å². The van der Waals surface area contributed by atoms with Crippen LogP contribution in [0.15, 0.2) is 0 Å². The van der Waals surface area contributed by atoms with Gasteiger partial charge in [-0.05, 0) is 25.7 Å². The van der Waals surface area contributed by atoms with Gasteiger partial charge in [-0.3, -0.25) is 0 Å². The number of ether oxygens (including phenoxy) is 3. The average molecular weight is 699 g/mol. The van der Waals surface area contributed by atoms with E-state index in [4.69, 9.17) is 14.2 Å². The van der Waals surface area contributed by atoms with Crippen LogP contribution in [0.5, 0.6) is 0 Å². The second-order valence-corrected chi connectivity index (χ2v) is 16.8. The van der Waals surface area contributed by atoms with Gasteiger partial charge >= 0.3 is 0 Å². The van der Waals surface area contributed by atoms with Gasteiger partial charge in [0.1, 0.15) is 13.1 Å². The van der Waals surface area contributed by atoms with Crippen molar-refractivity contribution < 1.29 is 23.2 Å². The summed E-state index contributed by atoms with van der Waals surface area (Å²) in [5.41, 5.74) is 0. The molecule has 0 N–H and O–H groups in total. The van der Waals surface area contributed by atoms with Crippen LogP contribution in [0.3, 0.4) is 0 Å². The molecule has 5 nitrogen and oxygen atoms in total. The summed E-state index contributed by atoms with van der Waals surface area (Å²) in [4.78, 5) is 0. The monoisotopic (exact) mass is 699 g/mol. The first-order chi connectivity index (χ1) is 23.8. The quantitative estimate of drug-likeness (QED) is 0.0469. The molecule has 0 aromatic rings. The molecule has 0 fully saturated rings. The van der Waals surface area contributed by atoms with Crippen LogP contribution < -0.4 is 0 Å². The summed E-state index contributed by atoms with van der Waals surface area (Å²) in [6, 6.07) is 0. The molecule has 0 heterocycles. The zero-order valence-corrected chi connectivity index (χ0v) is 35.0. The highest BCUT2D eigenvalue weighted by Gasteiger charge is 2.15. The Bertz CT molecular complexity index is 575. The van der Waals surface area contributed by atoms with Gasteiger partial charge in [-0.25, -0.2) is 0 Å². The van der Waals surface area contributed by atoms with Crippen molar-refractivity contribution in [2.75, 3.05) is 94.0 Å². The third kappa shape index (κ3) is 40.4. The van der Waals surface area contributed by atoms with E-state index in [1.54, 1.807) is 0 Å². The molecule has 0 aliphatic heterocycles. The Kier molecular flexibility index (Phi) is 37.4. The number of likely N-dealkylation sites (N-methyl/N-ethyl adjacent to an activating group) is 2. The lowest BCUT2D eigenvalue weighted by Gasteiger charge is -2.29. The van der Waals surface area contributed by atoms with Crippen molar-refractivity contribution in [3.63, 3.8) is 0 Å². The number of quaternary nitrogens is 2. The lowest BCUT2D eigenvalue weighted by atomic mass is 10.0. The highest BCUT2D eigenvalue weighted by atomic mass is 16.5. The summed E-state index contributed by atoms with van der Waals surface area (Å²) in [5, 5.41) is 0. The van der Waals surface area contributed by atoms with Crippen LogP contribution in [-0.2, 0) is 14.2 Å². The summed E-state index contributed by atoms with van der Waals surface area (Å²) in [6.07, 6.45) is 39.9. The zero-order chi connectivity index (χ0) is 36.0. The molecule has 0 saturated heterocycles. The lowest BCUT2D eigenvalue weighted by Crippen LogP contribution is -2.43. The summed E-state index contributed by atoms with van der Waals surface area (Å²) in [6.45, 7) is 13.6. The van der Waals surface area contributed by atoms with E-state index >= 15 is 0 Å². The highest BCUT2D eigenvalue weighted by Crippen LogP contribution is 2.15. The average Bonchev–Trinajstić information content (AvgIpc) is 3.07. The maximum absolute atomic E-state index is 5.88. The minimum absolute atomic E-state index is 0.663. The van der Waals surface area contributed by atoms with E-state index in [0.717, 1.165) is 35.3 Å². The van der Waals surface area contributed by atoms with Gasteiger partial charge in [0.2, 0.25) is 0 Å². The molecule has 0 aliphatic rings. The minimum atomic E-state index is 0.663. The van der Waals surface area contributed by atoms with Gasteiger partial charge in [-0.15, -0.1) is 0 Å². The summed E-state index contributed by atoms with van der Waals surface area (Å²) in [7, 11) is 9.39. The van der Waals surface area contributed by atoms with E-state index in [9.17, 15) is 0 Å². The Labute approximate surface area is 310 Å². The van der Waals surface area contributed by atoms with E-state index in [0.29, 0.717) is 26.4 Å². The minimum Gasteiger partial charge on any atom is -0.377 e. The molecule has 0 aromatic heterocycles. The number of rotatable bonds is 42. The highest BCUT2D eigenvalue weighted by molar-refractivity contribution is 4.51. The van der Waals surface area contributed by atoms with Gasteiger partial charge in [0.15, 0.2) is 0 Å². The van der Waals surface area contributed by atoms with Gasteiger partial charge in [-0.1, -0.05) is 168 Å². The molecule has 0 spiro atoms. The molecule has 0 unspecified atom stereocenters. The van der Waals surface area contributed by atoms with E-state index in [2.05, 4.69) is 42.0 Å². The molecule has 0 aromatic carbocycles. The van der Waals surface area contributed by atoms with Crippen LogP contribution in [0.25, 0.3) is 0 Å². The van der Waals surface area contributed by atoms with Crippen LogP contribution >= 0.6 is 0 Å². The Morgan fingerprint density at radius 1 is 0.245 bits per heavy atom. The van der Waals surface area contributed by atoms with Gasteiger partial charge < -0.3 is 23.2 Å². The fourth-order valence-electron chi connectivity index (χ4n) is 6.86. The maximum Gasteiger partial charge on any atom is 0.102 e. The van der Waals surface area contributed by atoms with Crippen molar-refractivity contribution in [3.05, 3.63) is 0 Å². The van der Waals surface area contributed by atoms with Gasteiger partial charge in [0.25, 0.3) is 0 Å². The molecule has 5 heteroatoms. The number of unbranched alkanes of at least 4 members (excludes halogenated alkanes) is 26. The molecule has 0 aliphatic carbocycles. The topological polar surface area (TPSA) is 27.7 Å². The van der Waals surface area contributed by atoms with Crippen LogP contribution in [-0.4, -0.2) is 103 Å². The zero-order valence-electron chi connectivity index (χ0n) is 35.0. The third-order valence-electron chi connectivity index (χ3n) is 10.7. The number of hydrogen-bond acceptors (Lipinski definition) is 3. The normalized spacial score (nSPS) is 12.4. The van der Waals surface area contributed by atoms with Gasteiger partial charge in [0, 0.05) is 0 Å². The van der Waals surface area contributed by atoms with Gasteiger partial charge in [-0.2, -0.15) is 0 Å². The summed E-state index contributed by atoms with van der Waals surface area (Å²) in [5.74, 6) is 0. The Morgan fingerprint density at radius 2 is 0.449 bits per heavy atom. The smallest absolute Gasteiger partial charge is 0.102 e. The van der Waals surface area contributed by atoms with Crippen molar-refractivity contribution in [2.45, 2.75) is 194 Å². The van der Waals surface area contributed by atoms with Crippen LogP contribution in [0.1, 0.15) is 194 Å². The number of nitrogens with zero attached hydrogens (tertiary/aromatic N) is 2. The standard InChI is InChI=1S/C44H94N2O3/c1-7-9-11-13-15-17-19-21-23-25-27-29-31-33-35-45(3,4)37-39-47-41-43-49-44-42-48-40-38-46(5,6)36-34-32-30-28-26-24-22-20-18-16-14-12-10-8-2/h7-44H2,1-6H3/q+2. The first-order valence-corrected chi connectivity index (χ1v) is 22.2. The van der Waals surface area contributed by atoms with Gasteiger partial charge in [0.05, 0.1) is 80.9 Å².